The van der Waals surface area contributed by atoms with Crippen LogP contribution in [-0.4, -0.2) is 0 Å². The number of hydrogen-bond acceptors (Lipinski definition) is 0. The van der Waals surface area contributed by atoms with Gasteiger partial charge in [-0.1, -0.05) is 193 Å². The van der Waals surface area contributed by atoms with Crippen LogP contribution >= 0.6 is 0 Å². The quantitative estimate of drug-likeness (QED) is 0.281. The number of aryl methyl sites for hydroxylation is 5. The molecule has 0 aliphatic heterocycles. The average Bonchev–Trinajstić information content (AvgIpc) is 2.81. The average molecular weight is 561 g/mol. The minimum atomic E-state index is 0. The second-order valence-electron chi connectivity index (χ2n) is 8.47. The Morgan fingerprint density at radius 2 is 0.850 bits per heavy atom. The minimum absolute atomic E-state index is 0. The van der Waals surface area contributed by atoms with E-state index in [0.29, 0.717) is 5.92 Å². The van der Waals surface area contributed by atoms with Gasteiger partial charge < -0.3 is 0 Å². The van der Waals surface area contributed by atoms with E-state index in [0.717, 1.165) is 19.3 Å². The van der Waals surface area contributed by atoms with Crippen molar-refractivity contribution in [1.29, 1.82) is 0 Å². The molecule has 0 nitrogen and oxygen atoms in total. The van der Waals surface area contributed by atoms with Gasteiger partial charge in [-0.15, -0.1) is 0 Å². The van der Waals surface area contributed by atoms with Gasteiger partial charge in [-0.25, -0.2) is 0 Å². The Balaban J connectivity index is -0.0000000465. The zero-order chi connectivity index (χ0) is 23.1. The zero-order valence-corrected chi connectivity index (χ0v) is 21.0. The van der Waals surface area contributed by atoms with Gasteiger partial charge >= 0.3 is 0 Å². The molecule has 0 N–H and O–H groups in total. The molecule has 0 heteroatoms. The normalized spacial score (nSPS) is 7.80. The standard InChI is InChI=1S/2C11H16.C9H12.9CH4/c1-4-10-7-5-6-8-11(10)9(2)3;1-3-5-11-8-6-10(4-2)7-9-11;1-3-9-6-4-8(2)5-7-9;;;;;;;;;/h5-9H,4H2,1-3H3;6-9H,3-5H2,1-2H3;4-7H,3H2,1-2H3;9*1H4. The van der Waals surface area contributed by atoms with Gasteiger partial charge in [0.15, 0.2) is 0 Å². The van der Waals surface area contributed by atoms with E-state index in [1.165, 1.54) is 46.2 Å². The van der Waals surface area contributed by atoms with Crippen molar-refractivity contribution in [3.63, 3.8) is 0 Å². The van der Waals surface area contributed by atoms with Crippen molar-refractivity contribution in [3.05, 3.63) is 106 Å². The smallest absolute Gasteiger partial charge is 0.0216 e. The van der Waals surface area contributed by atoms with Crippen molar-refractivity contribution in [1.82, 2.24) is 0 Å². The molecule has 0 radical (unpaired) electrons. The van der Waals surface area contributed by atoms with Crippen molar-refractivity contribution in [3.8, 4) is 0 Å². The third kappa shape index (κ3) is 24.7. The first kappa shape index (κ1) is 61.6. The number of hydrogen-bond donors (Lipinski definition) is 0. The van der Waals surface area contributed by atoms with E-state index in [2.05, 4.69) is 121 Å². The maximum Gasteiger partial charge on any atom is -0.0216 e. The second-order valence-corrected chi connectivity index (χ2v) is 8.47. The fraction of sp³-hybridized carbons (Fsp3) is 0.550. The molecule has 0 spiro atoms. The summed E-state index contributed by atoms with van der Waals surface area (Å²) in [6.45, 7) is 15.4. The SMILES string of the molecule is C.C.C.C.C.C.C.C.C.CCCc1ccc(CC)cc1.CCc1ccc(C)cc1.CCc1ccccc1C(C)C. The van der Waals surface area contributed by atoms with Gasteiger partial charge in [-0.3, -0.25) is 0 Å². The lowest BCUT2D eigenvalue weighted by Crippen LogP contribution is -1.93. The summed E-state index contributed by atoms with van der Waals surface area (Å²) in [5.74, 6) is 0.658. The van der Waals surface area contributed by atoms with Gasteiger partial charge in [0.1, 0.15) is 0 Å². The van der Waals surface area contributed by atoms with Gasteiger partial charge in [-0.05, 0) is 66.3 Å². The van der Waals surface area contributed by atoms with Crippen LogP contribution in [0.15, 0.2) is 72.8 Å². The van der Waals surface area contributed by atoms with Crippen molar-refractivity contribution >= 4 is 0 Å². The van der Waals surface area contributed by atoms with Crippen LogP contribution in [0.2, 0.25) is 0 Å². The molecular weight excluding hydrogens is 480 g/mol. The van der Waals surface area contributed by atoms with E-state index in [-0.39, 0.29) is 66.8 Å². The molecule has 3 rings (SSSR count). The lowest BCUT2D eigenvalue weighted by atomic mass is 9.96. The first-order chi connectivity index (χ1) is 14.9. The number of benzene rings is 3. The molecule has 0 saturated carbocycles. The highest BCUT2D eigenvalue weighted by atomic mass is 14.1. The summed E-state index contributed by atoms with van der Waals surface area (Å²) in [5, 5.41) is 0. The molecule has 0 aliphatic rings. The molecule has 40 heavy (non-hydrogen) atoms. The van der Waals surface area contributed by atoms with Crippen molar-refractivity contribution < 1.29 is 0 Å². The van der Waals surface area contributed by atoms with Crippen LogP contribution in [0.25, 0.3) is 0 Å². The van der Waals surface area contributed by atoms with Crippen LogP contribution in [0.3, 0.4) is 0 Å². The maximum atomic E-state index is 2.24. The fourth-order valence-electron chi connectivity index (χ4n) is 3.47. The molecule has 0 bridgehead atoms. The third-order valence-corrected chi connectivity index (χ3v) is 5.56. The van der Waals surface area contributed by atoms with Crippen LogP contribution in [0.5, 0.6) is 0 Å². The van der Waals surface area contributed by atoms with Gasteiger partial charge in [0.05, 0.1) is 0 Å². The summed E-state index contributed by atoms with van der Waals surface area (Å²) in [6, 6.07) is 26.3. The molecule has 240 valence electrons. The summed E-state index contributed by atoms with van der Waals surface area (Å²) in [4.78, 5) is 0. The van der Waals surface area contributed by atoms with E-state index in [1.807, 2.05) is 0 Å². The predicted octanol–water partition coefficient (Wildman–Crippen LogP) is 14.9. The predicted molar refractivity (Wildman–Crippen MR) is 201 cm³/mol. The molecule has 0 aliphatic carbocycles. The molecule has 0 unspecified atom stereocenters. The minimum Gasteiger partial charge on any atom is -0.0776 e. The Hall–Kier alpha value is -2.34. The summed E-state index contributed by atoms with van der Waals surface area (Å²) < 4.78 is 0. The van der Waals surface area contributed by atoms with Crippen LogP contribution < -0.4 is 0 Å². The first-order valence-electron chi connectivity index (χ1n) is 12.2. The Bertz CT molecular complexity index is 823. The van der Waals surface area contributed by atoms with E-state index in [4.69, 9.17) is 0 Å². The highest BCUT2D eigenvalue weighted by Gasteiger charge is 2.02. The van der Waals surface area contributed by atoms with Crippen LogP contribution in [0.4, 0.5) is 0 Å². The molecule has 0 amide bonds. The summed E-state index contributed by atoms with van der Waals surface area (Å²) in [7, 11) is 0. The molecule has 0 heterocycles. The molecule has 3 aromatic rings. The first-order valence-corrected chi connectivity index (χ1v) is 12.2. The van der Waals surface area contributed by atoms with Crippen LogP contribution in [0.1, 0.15) is 154 Å². The Morgan fingerprint density at radius 1 is 0.475 bits per heavy atom. The molecule has 0 saturated heterocycles. The van der Waals surface area contributed by atoms with Crippen molar-refractivity contribution in [2.75, 3.05) is 0 Å². The lowest BCUT2D eigenvalue weighted by Gasteiger charge is -2.09. The van der Waals surface area contributed by atoms with Crippen molar-refractivity contribution in [2.45, 2.75) is 153 Å². The van der Waals surface area contributed by atoms with Crippen molar-refractivity contribution in [2.24, 2.45) is 0 Å². The Morgan fingerprint density at radius 3 is 1.18 bits per heavy atom. The molecule has 3 aromatic carbocycles. The van der Waals surface area contributed by atoms with Gasteiger partial charge in [0.25, 0.3) is 0 Å². The fourth-order valence-corrected chi connectivity index (χ4v) is 3.47. The zero-order valence-electron chi connectivity index (χ0n) is 21.0. The largest absolute Gasteiger partial charge is 0.0776 e. The van der Waals surface area contributed by atoms with Gasteiger partial charge in [-0.2, -0.15) is 0 Å². The number of rotatable bonds is 6. The molecule has 0 atom stereocenters. The summed E-state index contributed by atoms with van der Waals surface area (Å²) in [6.07, 6.45) is 5.89. The Labute approximate surface area is 259 Å². The Kier molecular flexibility index (Phi) is 56.5. The second kappa shape index (κ2) is 36.7. The molecular formula is C40H80. The summed E-state index contributed by atoms with van der Waals surface area (Å²) in [5.41, 5.74) is 8.64. The lowest BCUT2D eigenvalue weighted by molar-refractivity contribution is 0.844. The molecule has 0 aromatic heterocycles. The van der Waals surface area contributed by atoms with Crippen LogP contribution in [-0.2, 0) is 25.7 Å². The van der Waals surface area contributed by atoms with E-state index >= 15 is 0 Å². The summed E-state index contributed by atoms with van der Waals surface area (Å²) >= 11 is 0. The topological polar surface area (TPSA) is 0 Å². The van der Waals surface area contributed by atoms with E-state index in [1.54, 1.807) is 0 Å². The van der Waals surface area contributed by atoms with E-state index in [9.17, 15) is 0 Å². The highest BCUT2D eigenvalue weighted by Crippen LogP contribution is 2.19. The molecule has 0 fully saturated rings. The highest BCUT2D eigenvalue weighted by molar-refractivity contribution is 5.29. The van der Waals surface area contributed by atoms with Gasteiger partial charge in [0.2, 0.25) is 0 Å². The van der Waals surface area contributed by atoms with Gasteiger partial charge in [0, 0.05) is 0 Å². The monoisotopic (exact) mass is 561 g/mol. The third-order valence-electron chi connectivity index (χ3n) is 5.56. The van der Waals surface area contributed by atoms with E-state index < -0.39 is 0 Å². The van der Waals surface area contributed by atoms with Crippen LogP contribution in [0, 0.1) is 6.92 Å². The maximum absolute atomic E-state index is 2.24.